The van der Waals surface area contributed by atoms with Crippen molar-refractivity contribution in [3.8, 4) is 0 Å². The SMILES string of the molecule is CCOC(=O)C1=C(CNCCCOC)NC(=O)NC1c1ccc(C)cc1. The molecule has 1 atom stereocenters. The van der Waals surface area contributed by atoms with Gasteiger partial charge in [-0.15, -0.1) is 0 Å². The topological polar surface area (TPSA) is 88.7 Å². The summed E-state index contributed by atoms with van der Waals surface area (Å²) in [4.78, 5) is 24.7. The van der Waals surface area contributed by atoms with Crippen molar-refractivity contribution >= 4 is 12.0 Å². The number of ether oxygens (including phenoxy) is 2. The highest BCUT2D eigenvalue weighted by molar-refractivity contribution is 5.95. The van der Waals surface area contributed by atoms with E-state index < -0.39 is 12.0 Å². The number of esters is 1. The van der Waals surface area contributed by atoms with E-state index in [4.69, 9.17) is 9.47 Å². The number of hydrogen-bond donors (Lipinski definition) is 3. The number of urea groups is 1. The fourth-order valence-corrected chi connectivity index (χ4v) is 2.77. The lowest BCUT2D eigenvalue weighted by molar-refractivity contribution is -0.139. The third-order valence-corrected chi connectivity index (χ3v) is 4.06. The quantitative estimate of drug-likeness (QED) is 0.461. The van der Waals surface area contributed by atoms with E-state index in [2.05, 4.69) is 16.0 Å². The molecule has 1 aromatic rings. The van der Waals surface area contributed by atoms with Crippen molar-refractivity contribution in [2.24, 2.45) is 0 Å². The zero-order valence-corrected chi connectivity index (χ0v) is 15.6. The molecule has 0 saturated heterocycles. The first kappa shape index (κ1) is 19.9. The highest BCUT2D eigenvalue weighted by Gasteiger charge is 2.33. The molecule has 2 amide bonds. The summed E-state index contributed by atoms with van der Waals surface area (Å²) in [6.07, 6.45) is 0.839. The highest BCUT2D eigenvalue weighted by Crippen LogP contribution is 2.27. The Morgan fingerprint density at radius 3 is 2.65 bits per heavy atom. The summed E-state index contributed by atoms with van der Waals surface area (Å²) in [5.74, 6) is -0.431. The third-order valence-electron chi connectivity index (χ3n) is 4.06. The van der Waals surface area contributed by atoms with Gasteiger partial charge in [-0.25, -0.2) is 9.59 Å². The molecule has 0 aliphatic carbocycles. The van der Waals surface area contributed by atoms with Crippen LogP contribution >= 0.6 is 0 Å². The zero-order valence-electron chi connectivity index (χ0n) is 15.6. The molecule has 1 aromatic carbocycles. The third kappa shape index (κ3) is 5.31. The maximum absolute atomic E-state index is 12.6. The van der Waals surface area contributed by atoms with E-state index in [9.17, 15) is 9.59 Å². The minimum Gasteiger partial charge on any atom is -0.463 e. The molecule has 142 valence electrons. The molecule has 1 aliphatic rings. The summed E-state index contributed by atoms with van der Waals surface area (Å²) < 4.78 is 10.3. The first-order valence-electron chi connectivity index (χ1n) is 8.80. The molecule has 26 heavy (non-hydrogen) atoms. The molecule has 0 fully saturated rings. The van der Waals surface area contributed by atoms with Gasteiger partial charge in [0.05, 0.1) is 18.2 Å². The molecular formula is C19H27N3O4. The van der Waals surface area contributed by atoms with Crippen molar-refractivity contribution in [3.05, 3.63) is 46.7 Å². The number of nitrogens with one attached hydrogen (secondary N) is 3. The van der Waals surface area contributed by atoms with E-state index in [-0.39, 0.29) is 12.6 Å². The summed E-state index contributed by atoms with van der Waals surface area (Å²) in [7, 11) is 1.65. The van der Waals surface area contributed by atoms with Crippen LogP contribution in [0.25, 0.3) is 0 Å². The van der Waals surface area contributed by atoms with Gasteiger partial charge in [-0.1, -0.05) is 29.8 Å². The van der Waals surface area contributed by atoms with Crippen molar-refractivity contribution in [3.63, 3.8) is 0 Å². The summed E-state index contributed by atoms with van der Waals surface area (Å²) in [5, 5.41) is 8.80. The number of aryl methyl sites for hydroxylation is 1. The fourth-order valence-electron chi connectivity index (χ4n) is 2.77. The first-order valence-corrected chi connectivity index (χ1v) is 8.80. The molecule has 1 heterocycles. The Morgan fingerprint density at radius 2 is 2.00 bits per heavy atom. The van der Waals surface area contributed by atoms with Crippen LogP contribution in [0.15, 0.2) is 35.5 Å². The van der Waals surface area contributed by atoms with Crippen molar-refractivity contribution in [1.29, 1.82) is 0 Å². The number of methoxy groups -OCH3 is 1. The molecule has 0 radical (unpaired) electrons. The molecule has 0 spiro atoms. The van der Waals surface area contributed by atoms with Crippen LogP contribution in [-0.2, 0) is 14.3 Å². The summed E-state index contributed by atoms with van der Waals surface area (Å²) in [6, 6.07) is 6.85. The number of hydrogen-bond acceptors (Lipinski definition) is 5. The molecule has 1 aliphatic heterocycles. The van der Waals surface area contributed by atoms with Crippen LogP contribution in [0, 0.1) is 6.92 Å². The molecule has 3 N–H and O–H groups in total. The van der Waals surface area contributed by atoms with Gasteiger partial charge >= 0.3 is 12.0 Å². The minimum atomic E-state index is -0.542. The van der Waals surface area contributed by atoms with Crippen LogP contribution in [0.1, 0.15) is 30.5 Å². The summed E-state index contributed by atoms with van der Waals surface area (Å²) in [6.45, 7) is 5.75. The Balaban J connectivity index is 2.28. The predicted octanol–water partition coefficient (Wildman–Crippen LogP) is 1.79. The van der Waals surface area contributed by atoms with Crippen LogP contribution in [0.2, 0.25) is 0 Å². The Morgan fingerprint density at radius 1 is 1.27 bits per heavy atom. The van der Waals surface area contributed by atoms with Crippen LogP contribution in [0.3, 0.4) is 0 Å². The Bertz CT molecular complexity index is 655. The summed E-state index contributed by atoms with van der Waals surface area (Å²) in [5.41, 5.74) is 2.91. The lowest BCUT2D eigenvalue weighted by atomic mass is 9.94. The predicted molar refractivity (Wildman–Crippen MR) is 98.6 cm³/mol. The molecule has 0 bridgehead atoms. The average molecular weight is 361 g/mol. The lowest BCUT2D eigenvalue weighted by Gasteiger charge is -2.29. The maximum atomic E-state index is 12.6. The van der Waals surface area contributed by atoms with Crippen LogP contribution < -0.4 is 16.0 Å². The van der Waals surface area contributed by atoms with Crippen molar-refractivity contribution in [1.82, 2.24) is 16.0 Å². The maximum Gasteiger partial charge on any atom is 0.338 e. The van der Waals surface area contributed by atoms with Gasteiger partial charge in [0.15, 0.2) is 0 Å². The summed E-state index contributed by atoms with van der Waals surface area (Å²) >= 11 is 0. The van der Waals surface area contributed by atoms with E-state index in [0.717, 1.165) is 17.5 Å². The average Bonchev–Trinajstić information content (AvgIpc) is 2.62. The Kier molecular flexibility index (Phi) is 7.62. The van der Waals surface area contributed by atoms with Crippen molar-refractivity contribution in [2.75, 3.05) is 33.4 Å². The van der Waals surface area contributed by atoms with E-state index in [1.54, 1.807) is 14.0 Å². The molecule has 1 unspecified atom stereocenters. The van der Waals surface area contributed by atoms with Gasteiger partial charge < -0.3 is 25.4 Å². The second-order valence-corrected chi connectivity index (χ2v) is 6.08. The number of carbonyl (C=O) groups excluding carboxylic acids is 2. The van der Waals surface area contributed by atoms with Crippen LogP contribution in [-0.4, -0.2) is 45.4 Å². The second kappa shape index (κ2) is 9.94. The number of carbonyl (C=O) groups is 2. The van der Waals surface area contributed by atoms with Gasteiger partial charge in [-0.05, 0) is 32.4 Å². The van der Waals surface area contributed by atoms with Gasteiger partial charge in [0, 0.05) is 26.0 Å². The van der Waals surface area contributed by atoms with Gasteiger partial charge in [0.2, 0.25) is 0 Å². The van der Waals surface area contributed by atoms with Gasteiger partial charge in [0.25, 0.3) is 0 Å². The number of amides is 2. The van der Waals surface area contributed by atoms with Gasteiger partial charge in [-0.3, -0.25) is 0 Å². The largest absolute Gasteiger partial charge is 0.463 e. The highest BCUT2D eigenvalue weighted by atomic mass is 16.5. The normalized spacial score (nSPS) is 16.9. The number of benzene rings is 1. The van der Waals surface area contributed by atoms with Crippen LogP contribution in [0.5, 0.6) is 0 Å². The van der Waals surface area contributed by atoms with Crippen LogP contribution in [0.4, 0.5) is 4.79 Å². The molecule has 0 aromatic heterocycles. The van der Waals surface area contributed by atoms with E-state index >= 15 is 0 Å². The smallest absolute Gasteiger partial charge is 0.338 e. The minimum absolute atomic E-state index is 0.269. The molecule has 2 rings (SSSR count). The Labute approximate surface area is 154 Å². The van der Waals surface area contributed by atoms with Gasteiger partial charge in [0.1, 0.15) is 0 Å². The fraction of sp³-hybridized carbons (Fsp3) is 0.474. The molecular weight excluding hydrogens is 334 g/mol. The molecule has 7 nitrogen and oxygen atoms in total. The molecule has 7 heteroatoms. The van der Waals surface area contributed by atoms with Gasteiger partial charge in [-0.2, -0.15) is 0 Å². The zero-order chi connectivity index (χ0) is 18.9. The first-order chi connectivity index (χ1) is 12.6. The number of rotatable bonds is 9. The Hall–Kier alpha value is -2.38. The van der Waals surface area contributed by atoms with E-state index in [0.29, 0.717) is 31.0 Å². The van der Waals surface area contributed by atoms with E-state index in [1.807, 2.05) is 31.2 Å². The lowest BCUT2D eigenvalue weighted by Crippen LogP contribution is -2.48. The monoisotopic (exact) mass is 361 g/mol. The van der Waals surface area contributed by atoms with E-state index in [1.165, 1.54) is 0 Å². The van der Waals surface area contributed by atoms with Crippen molar-refractivity contribution in [2.45, 2.75) is 26.3 Å². The standard InChI is InChI=1S/C19H27N3O4/c1-4-26-18(23)16-15(12-20-10-5-11-25-3)21-19(24)22-17(16)14-8-6-13(2)7-9-14/h6-9,17,20H,4-5,10-12H2,1-3H3,(H2,21,22,24). The van der Waals surface area contributed by atoms with Crippen molar-refractivity contribution < 1.29 is 19.1 Å². The molecule has 0 saturated carbocycles. The second-order valence-electron chi connectivity index (χ2n) is 6.08.